The predicted octanol–water partition coefficient (Wildman–Crippen LogP) is -0.118. The van der Waals surface area contributed by atoms with Crippen molar-refractivity contribution in [2.24, 2.45) is 5.84 Å². The Labute approximate surface area is 109 Å². The number of pyridine rings is 1. The lowest BCUT2D eigenvalue weighted by Gasteiger charge is -2.08. The standard InChI is InChI=1S/C12H15N5O2/c1-7-8(2)12(19)17(16-11(7)18)6-10-5-9(15-13)3-4-14-10/h3-5H,6,13H2,1-2H3,(H,14,15)(H,16,18). The molecule has 19 heavy (non-hydrogen) atoms. The SMILES string of the molecule is Cc1c(C)c(=O)n(Cc2cc(NN)ccn2)[nH]c1=O. The van der Waals surface area contributed by atoms with Gasteiger partial charge < -0.3 is 5.43 Å². The van der Waals surface area contributed by atoms with E-state index in [1.807, 2.05) is 0 Å². The molecular weight excluding hydrogens is 246 g/mol. The Kier molecular flexibility index (Phi) is 3.48. The van der Waals surface area contributed by atoms with Gasteiger partial charge >= 0.3 is 0 Å². The molecule has 0 aliphatic rings. The van der Waals surface area contributed by atoms with Crippen LogP contribution in [0.4, 0.5) is 5.69 Å². The summed E-state index contributed by atoms with van der Waals surface area (Å²) in [7, 11) is 0. The molecule has 0 saturated heterocycles. The Bertz CT molecular complexity index is 717. The van der Waals surface area contributed by atoms with Crippen molar-refractivity contribution in [1.82, 2.24) is 14.8 Å². The molecule has 0 spiro atoms. The van der Waals surface area contributed by atoms with Crippen LogP contribution in [0.25, 0.3) is 0 Å². The first-order valence-corrected chi connectivity index (χ1v) is 5.75. The Morgan fingerprint density at radius 3 is 2.79 bits per heavy atom. The Hall–Kier alpha value is -2.41. The van der Waals surface area contributed by atoms with Crippen LogP contribution in [0.1, 0.15) is 16.8 Å². The molecule has 0 amide bonds. The van der Waals surface area contributed by atoms with E-state index in [0.717, 1.165) is 0 Å². The van der Waals surface area contributed by atoms with Crippen LogP contribution in [-0.2, 0) is 6.54 Å². The third-order valence-corrected chi connectivity index (χ3v) is 3.01. The molecule has 0 aliphatic heterocycles. The van der Waals surface area contributed by atoms with Crippen molar-refractivity contribution in [3.63, 3.8) is 0 Å². The molecule has 4 N–H and O–H groups in total. The molecule has 0 aromatic carbocycles. The number of nitrogens with one attached hydrogen (secondary N) is 2. The molecule has 2 aromatic heterocycles. The molecule has 0 atom stereocenters. The van der Waals surface area contributed by atoms with Gasteiger partial charge in [0, 0.05) is 17.3 Å². The molecule has 2 heterocycles. The third-order valence-electron chi connectivity index (χ3n) is 3.01. The van der Waals surface area contributed by atoms with Gasteiger partial charge in [-0.15, -0.1) is 0 Å². The molecule has 0 unspecified atom stereocenters. The van der Waals surface area contributed by atoms with Crippen molar-refractivity contribution in [2.75, 3.05) is 5.43 Å². The van der Waals surface area contributed by atoms with Crippen LogP contribution in [-0.4, -0.2) is 14.8 Å². The van der Waals surface area contributed by atoms with Gasteiger partial charge in [0.25, 0.3) is 11.1 Å². The lowest BCUT2D eigenvalue weighted by Crippen LogP contribution is -2.33. The zero-order valence-corrected chi connectivity index (χ0v) is 10.7. The summed E-state index contributed by atoms with van der Waals surface area (Å²) in [6.07, 6.45) is 1.58. The second-order valence-corrected chi connectivity index (χ2v) is 4.26. The zero-order chi connectivity index (χ0) is 14.0. The van der Waals surface area contributed by atoms with Crippen LogP contribution in [0, 0.1) is 13.8 Å². The lowest BCUT2D eigenvalue weighted by molar-refractivity contribution is 0.608. The highest BCUT2D eigenvalue weighted by atomic mass is 16.2. The smallest absolute Gasteiger partial charge is 0.268 e. The number of nitrogens with zero attached hydrogens (tertiary/aromatic N) is 2. The van der Waals surface area contributed by atoms with Crippen LogP contribution in [0.2, 0.25) is 0 Å². The maximum Gasteiger partial charge on any atom is 0.268 e. The average molecular weight is 261 g/mol. The highest BCUT2D eigenvalue weighted by Gasteiger charge is 2.08. The summed E-state index contributed by atoms with van der Waals surface area (Å²) < 4.78 is 1.24. The summed E-state index contributed by atoms with van der Waals surface area (Å²) in [5.74, 6) is 5.31. The molecular formula is C12H15N5O2. The summed E-state index contributed by atoms with van der Waals surface area (Å²) >= 11 is 0. The normalized spacial score (nSPS) is 10.5. The number of hydrogen-bond donors (Lipinski definition) is 3. The fourth-order valence-electron chi connectivity index (χ4n) is 1.72. The zero-order valence-electron chi connectivity index (χ0n) is 10.7. The predicted molar refractivity (Wildman–Crippen MR) is 71.9 cm³/mol. The Balaban J connectivity index is 2.44. The van der Waals surface area contributed by atoms with Crippen LogP contribution < -0.4 is 22.4 Å². The summed E-state index contributed by atoms with van der Waals surface area (Å²) in [5.41, 5.74) is 4.18. The largest absolute Gasteiger partial charge is 0.324 e. The number of nitrogen functional groups attached to an aromatic ring is 1. The maximum absolute atomic E-state index is 12.0. The van der Waals surface area contributed by atoms with E-state index in [0.29, 0.717) is 22.5 Å². The molecule has 0 bridgehead atoms. The summed E-state index contributed by atoms with van der Waals surface area (Å²) in [5, 5.41) is 2.53. The first kappa shape index (κ1) is 13.0. The monoisotopic (exact) mass is 261 g/mol. The number of hydrazine groups is 1. The van der Waals surface area contributed by atoms with Gasteiger partial charge in [-0.05, 0) is 26.0 Å². The van der Waals surface area contributed by atoms with Crippen molar-refractivity contribution < 1.29 is 0 Å². The number of H-pyrrole nitrogens is 1. The number of rotatable bonds is 3. The Morgan fingerprint density at radius 2 is 2.11 bits per heavy atom. The van der Waals surface area contributed by atoms with Gasteiger partial charge in [-0.2, -0.15) is 0 Å². The summed E-state index contributed by atoms with van der Waals surface area (Å²) in [4.78, 5) is 27.8. The van der Waals surface area contributed by atoms with E-state index >= 15 is 0 Å². The van der Waals surface area contributed by atoms with Gasteiger partial charge in [-0.25, -0.2) is 4.68 Å². The number of nitrogens with two attached hydrogens (primary N) is 1. The minimum atomic E-state index is -0.273. The van der Waals surface area contributed by atoms with Gasteiger partial charge in [0.15, 0.2) is 0 Å². The quantitative estimate of drug-likeness (QED) is 0.527. The van der Waals surface area contributed by atoms with E-state index in [-0.39, 0.29) is 17.7 Å². The van der Waals surface area contributed by atoms with Crippen LogP contribution in [0.15, 0.2) is 27.9 Å². The molecule has 2 rings (SSSR count). The topological polar surface area (TPSA) is 106 Å². The minimum Gasteiger partial charge on any atom is -0.324 e. The molecule has 7 heteroatoms. The number of aromatic amines is 1. The minimum absolute atomic E-state index is 0.185. The molecule has 0 fully saturated rings. The average Bonchev–Trinajstić information content (AvgIpc) is 2.42. The van der Waals surface area contributed by atoms with Crippen molar-refractivity contribution in [3.8, 4) is 0 Å². The highest BCUT2D eigenvalue weighted by molar-refractivity contribution is 5.41. The third kappa shape index (κ3) is 2.55. The van der Waals surface area contributed by atoms with Gasteiger partial charge in [-0.3, -0.25) is 25.5 Å². The van der Waals surface area contributed by atoms with E-state index in [4.69, 9.17) is 5.84 Å². The van der Waals surface area contributed by atoms with E-state index < -0.39 is 0 Å². The molecule has 0 aliphatic carbocycles. The lowest BCUT2D eigenvalue weighted by atomic mass is 10.2. The molecule has 7 nitrogen and oxygen atoms in total. The van der Waals surface area contributed by atoms with Crippen LogP contribution in [0.5, 0.6) is 0 Å². The summed E-state index contributed by atoms with van der Waals surface area (Å²) in [6, 6.07) is 3.41. The second-order valence-electron chi connectivity index (χ2n) is 4.26. The van der Waals surface area contributed by atoms with Crippen LogP contribution in [0.3, 0.4) is 0 Å². The van der Waals surface area contributed by atoms with E-state index in [2.05, 4.69) is 15.5 Å². The first-order valence-electron chi connectivity index (χ1n) is 5.75. The van der Waals surface area contributed by atoms with Crippen molar-refractivity contribution >= 4 is 5.69 Å². The molecule has 0 saturated carbocycles. The molecule has 2 aromatic rings. The fraction of sp³-hybridized carbons (Fsp3) is 0.250. The fourth-order valence-corrected chi connectivity index (χ4v) is 1.72. The number of anilines is 1. The Morgan fingerprint density at radius 1 is 1.37 bits per heavy atom. The number of aromatic nitrogens is 3. The van der Waals surface area contributed by atoms with Crippen LogP contribution >= 0.6 is 0 Å². The first-order chi connectivity index (χ1) is 9.02. The van der Waals surface area contributed by atoms with Crippen molar-refractivity contribution in [3.05, 3.63) is 55.9 Å². The van der Waals surface area contributed by atoms with E-state index in [1.165, 1.54) is 4.68 Å². The second kappa shape index (κ2) is 5.07. The van der Waals surface area contributed by atoms with Gasteiger partial charge in [-0.1, -0.05) is 0 Å². The van der Waals surface area contributed by atoms with Gasteiger partial charge in [0.2, 0.25) is 0 Å². The van der Waals surface area contributed by atoms with Crippen molar-refractivity contribution in [1.29, 1.82) is 0 Å². The maximum atomic E-state index is 12.0. The van der Waals surface area contributed by atoms with Gasteiger partial charge in [0.1, 0.15) is 0 Å². The molecule has 100 valence electrons. The molecule has 0 radical (unpaired) electrons. The van der Waals surface area contributed by atoms with E-state index in [1.54, 1.807) is 32.2 Å². The van der Waals surface area contributed by atoms with E-state index in [9.17, 15) is 9.59 Å². The highest BCUT2D eigenvalue weighted by Crippen LogP contribution is 2.06. The van der Waals surface area contributed by atoms with Gasteiger partial charge in [0.05, 0.1) is 17.9 Å². The summed E-state index contributed by atoms with van der Waals surface area (Å²) in [6.45, 7) is 3.44. The van der Waals surface area contributed by atoms with Crippen molar-refractivity contribution in [2.45, 2.75) is 20.4 Å². The number of hydrogen-bond acceptors (Lipinski definition) is 5.